The number of rotatable bonds is 4. The molecule has 0 saturated heterocycles. The van der Waals surface area contributed by atoms with E-state index >= 15 is 0 Å². The Morgan fingerprint density at radius 3 is 2.12 bits per heavy atom. The van der Waals surface area contributed by atoms with Crippen molar-refractivity contribution in [1.82, 2.24) is 0 Å². The van der Waals surface area contributed by atoms with Crippen LogP contribution in [-0.4, -0.2) is 26.0 Å². The number of methoxy groups -OCH3 is 2. The third-order valence-corrected chi connectivity index (χ3v) is 3.60. The number of ketones is 1. The molecule has 0 aliphatic carbocycles. The van der Waals surface area contributed by atoms with Gasteiger partial charge in [-0.05, 0) is 42.8 Å². The maximum Gasteiger partial charge on any atom is 0.416 e. The molecule has 4 nitrogen and oxygen atoms in total. The quantitative estimate of drug-likeness (QED) is 0.616. The van der Waals surface area contributed by atoms with Crippen LogP contribution in [0.25, 0.3) is 0 Å². The van der Waals surface area contributed by atoms with E-state index in [0.717, 1.165) is 24.8 Å². The first-order valence-corrected chi connectivity index (χ1v) is 7.18. The SMILES string of the molecule is COC(=O)c1cc(C(F)(F)F)ccc1C(=O)c1ccc(C)cc1OC. The predicted molar refractivity (Wildman–Crippen MR) is 83.9 cm³/mol. The Hall–Kier alpha value is -2.83. The number of hydrogen-bond donors (Lipinski definition) is 0. The number of carbonyl (C=O) groups is 2. The number of ether oxygens (including phenoxy) is 2. The second-order valence-corrected chi connectivity index (χ2v) is 5.28. The largest absolute Gasteiger partial charge is 0.496 e. The number of hydrogen-bond acceptors (Lipinski definition) is 4. The van der Waals surface area contributed by atoms with Gasteiger partial charge in [0.05, 0.1) is 30.9 Å². The van der Waals surface area contributed by atoms with Gasteiger partial charge in [-0.3, -0.25) is 4.79 Å². The highest BCUT2D eigenvalue weighted by atomic mass is 19.4. The van der Waals surface area contributed by atoms with Gasteiger partial charge in [0.15, 0.2) is 5.78 Å². The van der Waals surface area contributed by atoms with Crippen LogP contribution in [0.2, 0.25) is 0 Å². The Morgan fingerprint density at radius 2 is 1.56 bits per heavy atom. The van der Waals surface area contributed by atoms with Crippen molar-refractivity contribution in [1.29, 1.82) is 0 Å². The summed E-state index contributed by atoms with van der Waals surface area (Å²) in [5.41, 5.74) is -0.709. The minimum Gasteiger partial charge on any atom is -0.496 e. The lowest BCUT2D eigenvalue weighted by atomic mass is 9.95. The van der Waals surface area contributed by atoms with Crippen molar-refractivity contribution in [2.75, 3.05) is 14.2 Å². The minimum atomic E-state index is -4.65. The lowest BCUT2D eigenvalue weighted by Crippen LogP contribution is -2.15. The second kappa shape index (κ2) is 6.96. The molecule has 0 aliphatic rings. The molecule has 7 heteroatoms. The van der Waals surface area contributed by atoms with Gasteiger partial charge in [0, 0.05) is 5.56 Å². The molecule has 0 fully saturated rings. The molecular formula is C18H15F3O4. The molecule has 0 aromatic heterocycles. The monoisotopic (exact) mass is 352 g/mol. The second-order valence-electron chi connectivity index (χ2n) is 5.28. The highest BCUT2D eigenvalue weighted by Crippen LogP contribution is 2.32. The topological polar surface area (TPSA) is 52.6 Å². The van der Waals surface area contributed by atoms with Crippen molar-refractivity contribution < 1.29 is 32.2 Å². The summed E-state index contributed by atoms with van der Waals surface area (Å²) >= 11 is 0. The van der Waals surface area contributed by atoms with E-state index in [1.165, 1.54) is 13.2 Å². The number of aryl methyl sites for hydroxylation is 1. The van der Waals surface area contributed by atoms with E-state index in [2.05, 4.69) is 4.74 Å². The van der Waals surface area contributed by atoms with Crippen LogP contribution in [0.4, 0.5) is 13.2 Å². The first kappa shape index (κ1) is 18.5. The van der Waals surface area contributed by atoms with Gasteiger partial charge in [-0.15, -0.1) is 0 Å². The fourth-order valence-corrected chi connectivity index (χ4v) is 2.33. The number of alkyl halides is 3. The predicted octanol–water partition coefficient (Wildman–Crippen LogP) is 4.04. The Balaban J connectivity index is 2.62. The number of esters is 1. The average Bonchev–Trinajstić information content (AvgIpc) is 2.58. The van der Waals surface area contributed by atoms with Gasteiger partial charge in [0.25, 0.3) is 0 Å². The van der Waals surface area contributed by atoms with Crippen LogP contribution in [0.3, 0.4) is 0 Å². The number of benzene rings is 2. The molecule has 0 radical (unpaired) electrons. The molecule has 0 spiro atoms. The van der Waals surface area contributed by atoms with Gasteiger partial charge in [-0.25, -0.2) is 4.79 Å². The highest BCUT2D eigenvalue weighted by molar-refractivity contribution is 6.15. The van der Waals surface area contributed by atoms with Crippen LogP contribution in [0.5, 0.6) is 5.75 Å². The summed E-state index contributed by atoms with van der Waals surface area (Å²) in [7, 11) is 2.41. The van der Waals surface area contributed by atoms with Crippen LogP contribution in [0, 0.1) is 6.92 Å². The van der Waals surface area contributed by atoms with Gasteiger partial charge < -0.3 is 9.47 Å². The molecule has 2 aromatic rings. The summed E-state index contributed by atoms with van der Waals surface area (Å²) < 4.78 is 48.4. The molecular weight excluding hydrogens is 337 g/mol. The van der Waals surface area contributed by atoms with Crippen molar-refractivity contribution in [2.45, 2.75) is 13.1 Å². The molecule has 0 amide bonds. The first-order chi connectivity index (χ1) is 11.7. The average molecular weight is 352 g/mol. The Morgan fingerprint density at radius 1 is 0.920 bits per heavy atom. The van der Waals surface area contributed by atoms with Crippen molar-refractivity contribution in [3.8, 4) is 5.75 Å². The molecule has 2 aromatic carbocycles. The Kier molecular flexibility index (Phi) is 5.15. The van der Waals surface area contributed by atoms with E-state index in [0.29, 0.717) is 6.07 Å². The van der Waals surface area contributed by atoms with E-state index < -0.39 is 29.1 Å². The van der Waals surface area contributed by atoms with E-state index in [9.17, 15) is 22.8 Å². The van der Waals surface area contributed by atoms with Crippen LogP contribution < -0.4 is 4.74 Å². The van der Waals surface area contributed by atoms with Gasteiger partial charge in [-0.2, -0.15) is 13.2 Å². The van der Waals surface area contributed by atoms with Crippen LogP contribution in [-0.2, 0) is 10.9 Å². The maximum absolute atomic E-state index is 12.9. The zero-order valence-electron chi connectivity index (χ0n) is 13.7. The van der Waals surface area contributed by atoms with Crippen molar-refractivity contribution in [2.24, 2.45) is 0 Å². The normalized spacial score (nSPS) is 11.1. The fourth-order valence-electron chi connectivity index (χ4n) is 2.33. The molecule has 0 N–H and O–H groups in total. The van der Waals surface area contributed by atoms with Gasteiger partial charge in [0.2, 0.25) is 0 Å². The number of carbonyl (C=O) groups excluding carboxylic acids is 2. The van der Waals surface area contributed by atoms with E-state index in [1.54, 1.807) is 19.1 Å². The van der Waals surface area contributed by atoms with Gasteiger partial charge in [-0.1, -0.05) is 6.07 Å². The molecule has 0 heterocycles. The third kappa shape index (κ3) is 3.81. The van der Waals surface area contributed by atoms with Gasteiger partial charge >= 0.3 is 12.1 Å². The summed E-state index contributed by atoms with van der Waals surface area (Å²) in [6.07, 6.45) is -4.65. The number of halogens is 3. The smallest absolute Gasteiger partial charge is 0.416 e. The Bertz CT molecular complexity index is 826. The summed E-state index contributed by atoms with van der Waals surface area (Å²) in [6, 6.07) is 7.11. The standard InChI is InChI=1S/C18H15F3O4/c1-10-4-6-13(15(8-10)24-2)16(22)12-7-5-11(18(19,20)21)9-14(12)17(23)25-3/h4-9H,1-3H3. The first-order valence-electron chi connectivity index (χ1n) is 7.18. The van der Waals surface area contributed by atoms with E-state index in [-0.39, 0.29) is 16.9 Å². The van der Waals surface area contributed by atoms with Crippen LogP contribution in [0.15, 0.2) is 36.4 Å². The zero-order chi connectivity index (χ0) is 18.8. The third-order valence-electron chi connectivity index (χ3n) is 3.60. The van der Waals surface area contributed by atoms with Crippen molar-refractivity contribution in [3.05, 3.63) is 64.2 Å². The molecule has 25 heavy (non-hydrogen) atoms. The molecule has 0 saturated carbocycles. The fraction of sp³-hybridized carbons (Fsp3) is 0.222. The highest BCUT2D eigenvalue weighted by Gasteiger charge is 2.33. The zero-order valence-corrected chi connectivity index (χ0v) is 13.7. The molecule has 0 unspecified atom stereocenters. The molecule has 132 valence electrons. The maximum atomic E-state index is 12.9. The molecule has 0 bridgehead atoms. The molecule has 2 rings (SSSR count). The van der Waals surface area contributed by atoms with Gasteiger partial charge in [0.1, 0.15) is 5.75 Å². The summed E-state index contributed by atoms with van der Waals surface area (Å²) in [5.74, 6) is -1.40. The van der Waals surface area contributed by atoms with Crippen molar-refractivity contribution >= 4 is 11.8 Å². The Labute approximate surface area is 142 Å². The molecule has 0 aliphatic heterocycles. The van der Waals surface area contributed by atoms with Crippen LogP contribution in [0.1, 0.15) is 37.4 Å². The van der Waals surface area contributed by atoms with E-state index in [1.807, 2.05) is 0 Å². The lowest BCUT2D eigenvalue weighted by Gasteiger charge is -2.13. The minimum absolute atomic E-state index is 0.137. The van der Waals surface area contributed by atoms with E-state index in [4.69, 9.17) is 4.74 Å². The lowest BCUT2D eigenvalue weighted by molar-refractivity contribution is -0.137. The summed E-state index contributed by atoms with van der Waals surface area (Å²) in [4.78, 5) is 24.7. The summed E-state index contributed by atoms with van der Waals surface area (Å²) in [5, 5.41) is 0. The van der Waals surface area contributed by atoms with Crippen molar-refractivity contribution in [3.63, 3.8) is 0 Å². The molecule has 0 atom stereocenters. The van der Waals surface area contributed by atoms with Crippen LogP contribution >= 0.6 is 0 Å². The summed E-state index contributed by atoms with van der Waals surface area (Å²) in [6.45, 7) is 1.80.